The summed E-state index contributed by atoms with van der Waals surface area (Å²) in [5.74, 6) is -0.128. The van der Waals surface area contributed by atoms with E-state index >= 15 is 0 Å². The maximum absolute atomic E-state index is 11.9. The zero-order valence-corrected chi connectivity index (χ0v) is 11.5. The number of hydrogen-bond acceptors (Lipinski definition) is 4. The average molecular weight is 283 g/mol. The van der Waals surface area contributed by atoms with Crippen molar-refractivity contribution in [2.75, 3.05) is 18.9 Å². The number of hydrogen-bond donors (Lipinski definition) is 3. The van der Waals surface area contributed by atoms with E-state index in [9.17, 15) is 13.2 Å². The fourth-order valence-corrected chi connectivity index (χ4v) is 2.77. The van der Waals surface area contributed by atoms with Crippen LogP contribution in [-0.4, -0.2) is 34.0 Å². The highest BCUT2D eigenvalue weighted by Crippen LogP contribution is 2.16. The normalized spacial score (nSPS) is 19.3. The number of carbonyl (C=O) groups is 1. The Morgan fingerprint density at radius 3 is 2.84 bits per heavy atom. The van der Waals surface area contributed by atoms with E-state index in [0.29, 0.717) is 5.69 Å². The van der Waals surface area contributed by atoms with E-state index in [2.05, 4.69) is 15.4 Å². The molecule has 7 heteroatoms. The molecule has 1 saturated heterocycles. The van der Waals surface area contributed by atoms with Crippen molar-refractivity contribution in [1.29, 1.82) is 0 Å². The molecule has 0 aliphatic carbocycles. The molecule has 0 aromatic heterocycles. The fourth-order valence-electron chi connectivity index (χ4n) is 2.00. The van der Waals surface area contributed by atoms with Crippen molar-refractivity contribution in [2.45, 2.75) is 23.8 Å². The summed E-state index contributed by atoms with van der Waals surface area (Å²) < 4.78 is 25.6. The van der Waals surface area contributed by atoms with E-state index in [4.69, 9.17) is 0 Å². The quantitative estimate of drug-likeness (QED) is 0.741. The smallest absolute Gasteiger partial charge is 0.241 e. The molecule has 6 nitrogen and oxygen atoms in total. The topological polar surface area (TPSA) is 87.3 Å². The van der Waals surface area contributed by atoms with Crippen LogP contribution in [0.2, 0.25) is 0 Å². The van der Waals surface area contributed by atoms with Crippen LogP contribution in [0.15, 0.2) is 29.2 Å². The van der Waals surface area contributed by atoms with E-state index in [1.54, 1.807) is 12.1 Å². The zero-order valence-electron chi connectivity index (χ0n) is 10.6. The van der Waals surface area contributed by atoms with E-state index < -0.39 is 10.0 Å². The Hall–Kier alpha value is -1.44. The maximum atomic E-state index is 11.9. The number of nitrogens with one attached hydrogen (secondary N) is 3. The van der Waals surface area contributed by atoms with Crippen LogP contribution in [-0.2, 0) is 14.8 Å². The van der Waals surface area contributed by atoms with Gasteiger partial charge in [0.15, 0.2) is 0 Å². The van der Waals surface area contributed by atoms with Crippen molar-refractivity contribution in [3.63, 3.8) is 0 Å². The standard InChI is InChI=1S/C12H17N3O3S/c1-13-19(17,18)10-5-2-4-9(8-10)15-12(16)11-6-3-7-14-11/h2,4-5,8,11,13-14H,3,6-7H2,1H3,(H,15,16). The molecule has 3 N–H and O–H groups in total. The van der Waals surface area contributed by atoms with E-state index in [1.165, 1.54) is 19.2 Å². The minimum absolute atomic E-state index is 0.128. The molecular formula is C12H17N3O3S. The fraction of sp³-hybridized carbons (Fsp3) is 0.417. The summed E-state index contributed by atoms with van der Waals surface area (Å²) in [5.41, 5.74) is 0.482. The van der Waals surface area contributed by atoms with Crippen molar-refractivity contribution in [3.05, 3.63) is 24.3 Å². The maximum Gasteiger partial charge on any atom is 0.241 e. The second-order valence-corrected chi connectivity index (χ2v) is 6.26. The molecular weight excluding hydrogens is 266 g/mol. The Labute approximate surface area is 112 Å². The van der Waals surface area contributed by atoms with Crippen molar-refractivity contribution >= 4 is 21.6 Å². The Morgan fingerprint density at radius 2 is 2.21 bits per heavy atom. The number of carbonyl (C=O) groups excluding carboxylic acids is 1. The largest absolute Gasteiger partial charge is 0.325 e. The predicted octanol–water partition coefficient (Wildman–Crippen LogP) is 0.285. The van der Waals surface area contributed by atoms with Crippen LogP contribution < -0.4 is 15.4 Å². The van der Waals surface area contributed by atoms with E-state index in [0.717, 1.165) is 19.4 Å². The van der Waals surface area contributed by atoms with Crippen LogP contribution >= 0.6 is 0 Å². The van der Waals surface area contributed by atoms with Gasteiger partial charge in [0.1, 0.15) is 0 Å². The third-order valence-corrected chi connectivity index (χ3v) is 4.47. The monoisotopic (exact) mass is 283 g/mol. The third kappa shape index (κ3) is 3.31. The van der Waals surface area contributed by atoms with Gasteiger partial charge in [0, 0.05) is 5.69 Å². The first-order valence-electron chi connectivity index (χ1n) is 6.11. The molecule has 1 aliphatic rings. The minimum Gasteiger partial charge on any atom is -0.325 e. The van der Waals surface area contributed by atoms with Crippen LogP contribution in [0.4, 0.5) is 5.69 Å². The zero-order chi connectivity index (χ0) is 13.9. The first-order chi connectivity index (χ1) is 9.03. The molecule has 1 aromatic rings. The molecule has 104 valence electrons. The molecule has 0 radical (unpaired) electrons. The first kappa shape index (κ1) is 14.0. The molecule has 1 atom stereocenters. The van der Waals surface area contributed by atoms with Gasteiger partial charge in [0.05, 0.1) is 10.9 Å². The van der Waals surface area contributed by atoms with E-state index in [1.807, 2.05) is 0 Å². The lowest BCUT2D eigenvalue weighted by Gasteiger charge is -2.12. The molecule has 2 rings (SSSR count). The van der Waals surface area contributed by atoms with Crippen LogP contribution in [0.5, 0.6) is 0 Å². The molecule has 1 unspecified atom stereocenters. The minimum atomic E-state index is -3.49. The number of anilines is 1. The van der Waals surface area contributed by atoms with Crippen LogP contribution in [0, 0.1) is 0 Å². The lowest BCUT2D eigenvalue weighted by molar-refractivity contribution is -0.117. The second-order valence-electron chi connectivity index (χ2n) is 4.37. The van der Waals surface area contributed by atoms with Crippen molar-refractivity contribution in [2.24, 2.45) is 0 Å². The molecule has 1 aromatic carbocycles. The highest BCUT2D eigenvalue weighted by Gasteiger charge is 2.22. The summed E-state index contributed by atoms with van der Waals surface area (Å²) in [4.78, 5) is 12.0. The molecule has 1 heterocycles. The van der Waals surface area contributed by atoms with Gasteiger partial charge in [-0.05, 0) is 44.6 Å². The molecule has 19 heavy (non-hydrogen) atoms. The first-order valence-corrected chi connectivity index (χ1v) is 7.59. The Bertz CT molecular complexity index is 565. The van der Waals surface area contributed by atoms with Crippen molar-refractivity contribution < 1.29 is 13.2 Å². The van der Waals surface area contributed by atoms with Gasteiger partial charge < -0.3 is 10.6 Å². The lowest BCUT2D eigenvalue weighted by Crippen LogP contribution is -2.35. The Kier molecular flexibility index (Phi) is 4.18. The van der Waals surface area contributed by atoms with Crippen LogP contribution in [0.25, 0.3) is 0 Å². The Balaban J connectivity index is 2.13. The summed E-state index contributed by atoms with van der Waals surface area (Å²) >= 11 is 0. The number of amides is 1. The van der Waals surface area contributed by atoms with Crippen LogP contribution in [0.3, 0.4) is 0 Å². The molecule has 1 fully saturated rings. The lowest BCUT2D eigenvalue weighted by atomic mass is 10.2. The summed E-state index contributed by atoms with van der Waals surface area (Å²) in [5, 5.41) is 5.82. The van der Waals surface area contributed by atoms with Gasteiger partial charge in [-0.3, -0.25) is 4.79 Å². The molecule has 0 saturated carbocycles. The number of sulfonamides is 1. The van der Waals surface area contributed by atoms with Crippen LogP contribution in [0.1, 0.15) is 12.8 Å². The van der Waals surface area contributed by atoms with E-state index in [-0.39, 0.29) is 16.8 Å². The molecule has 1 amide bonds. The van der Waals surface area contributed by atoms with Gasteiger partial charge >= 0.3 is 0 Å². The van der Waals surface area contributed by atoms with Gasteiger partial charge in [0.2, 0.25) is 15.9 Å². The molecule has 1 aliphatic heterocycles. The predicted molar refractivity (Wildman–Crippen MR) is 72.3 cm³/mol. The van der Waals surface area contributed by atoms with Gasteiger partial charge in [-0.1, -0.05) is 6.07 Å². The Morgan fingerprint density at radius 1 is 1.42 bits per heavy atom. The number of benzene rings is 1. The molecule has 0 bridgehead atoms. The SMILES string of the molecule is CNS(=O)(=O)c1cccc(NC(=O)C2CCCN2)c1. The van der Waals surface area contributed by atoms with Gasteiger partial charge in [-0.25, -0.2) is 13.1 Å². The summed E-state index contributed by atoms with van der Waals surface area (Å²) in [7, 11) is -2.14. The molecule has 0 spiro atoms. The van der Waals surface area contributed by atoms with Gasteiger partial charge in [-0.15, -0.1) is 0 Å². The summed E-state index contributed by atoms with van der Waals surface area (Å²) in [6, 6.07) is 6.00. The highest BCUT2D eigenvalue weighted by molar-refractivity contribution is 7.89. The van der Waals surface area contributed by atoms with Gasteiger partial charge in [-0.2, -0.15) is 0 Å². The summed E-state index contributed by atoms with van der Waals surface area (Å²) in [6.07, 6.45) is 1.78. The summed E-state index contributed by atoms with van der Waals surface area (Å²) in [6.45, 7) is 0.840. The number of rotatable bonds is 4. The third-order valence-electron chi connectivity index (χ3n) is 3.06. The van der Waals surface area contributed by atoms with Gasteiger partial charge in [0.25, 0.3) is 0 Å². The van der Waals surface area contributed by atoms with Crippen molar-refractivity contribution in [1.82, 2.24) is 10.0 Å². The van der Waals surface area contributed by atoms with Crippen molar-refractivity contribution in [3.8, 4) is 0 Å². The average Bonchev–Trinajstić information content (AvgIpc) is 2.93. The highest BCUT2D eigenvalue weighted by atomic mass is 32.2. The second kappa shape index (κ2) is 5.68.